The van der Waals surface area contributed by atoms with Crippen LogP contribution in [0.2, 0.25) is 0 Å². The third-order valence-corrected chi connectivity index (χ3v) is 7.80. The maximum Gasteiger partial charge on any atom is 0.222 e. The summed E-state index contributed by atoms with van der Waals surface area (Å²) in [6.07, 6.45) is 18.3. The summed E-state index contributed by atoms with van der Waals surface area (Å²) in [7, 11) is 0. The number of carbonyl (C=O) groups excluding carboxylic acids is 1. The first kappa shape index (κ1) is 24.5. The second-order valence-electron chi connectivity index (χ2n) is 10.5. The Morgan fingerprint density at radius 1 is 1.26 bits per heavy atom. The van der Waals surface area contributed by atoms with Gasteiger partial charge >= 0.3 is 0 Å². The number of allylic oxidation sites excluding steroid dienone is 2. The standard InChI is InChI=1S/C27H45NO3/c1-3-4-9-20(2)16-23(29)12-13-24-25-18-21(17-22(25)19-26(24)30)10-5-6-11-27(31)28-14-7-8-15-28/h12-13,17,20,22-26,29-30H,3-11,14-16,18-19H2,1-2H3/b13-12+/t20-,22-,23+,24+,25-,26+/m0/s1. The smallest absolute Gasteiger partial charge is 0.222 e. The van der Waals surface area contributed by atoms with Crippen LogP contribution < -0.4 is 0 Å². The zero-order valence-corrected chi connectivity index (χ0v) is 19.8. The van der Waals surface area contributed by atoms with Crippen LogP contribution in [0.4, 0.5) is 0 Å². The number of likely N-dealkylation sites (tertiary alicyclic amines) is 1. The van der Waals surface area contributed by atoms with Gasteiger partial charge in [0, 0.05) is 25.4 Å². The van der Waals surface area contributed by atoms with Crippen LogP contribution in [0, 0.1) is 23.7 Å². The van der Waals surface area contributed by atoms with Crippen molar-refractivity contribution in [1.29, 1.82) is 0 Å². The van der Waals surface area contributed by atoms with Crippen LogP contribution in [-0.4, -0.2) is 46.3 Å². The van der Waals surface area contributed by atoms with E-state index in [4.69, 9.17) is 0 Å². The van der Waals surface area contributed by atoms with Crippen LogP contribution in [0.3, 0.4) is 0 Å². The fourth-order valence-electron chi connectivity index (χ4n) is 5.96. The molecule has 31 heavy (non-hydrogen) atoms. The second kappa shape index (κ2) is 12.2. The molecule has 6 atom stereocenters. The fourth-order valence-corrected chi connectivity index (χ4v) is 5.96. The molecule has 0 spiro atoms. The summed E-state index contributed by atoms with van der Waals surface area (Å²) in [5.41, 5.74) is 1.52. The van der Waals surface area contributed by atoms with E-state index in [0.717, 1.165) is 64.5 Å². The zero-order chi connectivity index (χ0) is 22.2. The summed E-state index contributed by atoms with van der Waals surface area (Å²) in [6.45, 7) is 6.34. The number of carbonyl (C=O) groups is 1. The Balaban J connectivity index is 1.38. The van der Waals surface area contributed by atoms with Crippen molar-refractivity contribution in [3.8, 4) is 0 Å². The van der Waals surface area contributed by atoms with E-state index in [1.165, 1.54) is 24.8 Å². The largest absolute Gasteiger partial charge is 0.392 e. The first-order valence-electron chi connectivity index (χ1n) is 13.0. The average Bonchev–Trinajstić information content (AvgIpc) is 3.45. The minimum atomic E-state index is -0.403. The number of hydrogen-bond donors (Lipinski definition) is 2. The lowest BCUT2D eigenvalue weighted by Crippen LogP contribution is -2.27. The lowest BCUT2D eigenvalue weighted by Gasteiger charge is -2.19. The van der Waals surface area contributed by atoms with Gasteiger partial charge in [-0.15, -0.1) is 0 Å². The van der Waals surface area contributed by atoms with E-state index in [0.29, 0.717) is 30.1 Å². The molecule has 0 aromatic carbocycles. The van der Waals surface area contributed by atoms with Crippen molar-refractivity contribution in [2.24, 2.45) is 23.7 Å². The molecular weight excluding hydrogens is 386 g/mol. The predicted octanol–water partition coefficient (Wildman–Crippen LogP) is 5.25. The van der Waals surface area contributed by atoms with Gasteiger partial charge in [0.25, 0.3) is 0 Å². The lowest BCUT2D eigenvalue weighted by molar-refractivity contribution is -0.130. The third kappa shape index (κ3) is 7.18. The number of unbranched alkanes of at least 4 members (excludes halogenated alkanes) is 2. The van der Waals surface area contributed by atoms with Crippen molar-refractivity contribution in [3.05, 3.63) is 23.8 Å². The van der Waals surface area contributed by atoms with Crippen molar-refractivity contribution in [3.63, 3.8) is 0 Å². The van der Waals surface area contributed by atoms with E-state index in [9.17, 15) is 15.0 Å². The summed E-state index contributed by atoms with van der Waals surface area (Å²) >= 11 is 0. The van der Waals surface area contributed by atoms with E-state index >= 15 is 0 Å². The first-order chi connectivity index (χ1) is 15.0. The molecule has 0 unspecified atom stereocenters. The highest BCUT2D eigenvalue weighted by Crippen LogP contribution is 2.48. The normalized spacial score (nSPS) is 30.1. The van der Waals surface area contributed by atoms with Gasteiger partial charge in [-0.25, -0.2) is 0 Å². The Morgan fingerprint density at radius 3 is 2.77 bits per heavy atom. The fraction of sp³-hybridized carbons (Fsp3) is 0.815. The molecule has 2 aliphatic carbocycles. The summed E-state index contributed by atoms with van der Waals surface area (Å²) in [5, 5.41) is 21.0. The van der Waals surface area contributed by atoms with Crippen molar-refractivity contribution in [2.75, 3.05) is 13.1 Å². The van der Waals surface area contributed by atoms with Crippen molar-refractivity contribution < 1.29 is 15.0 Å². The van der Waals surface area contributed by atoms with Gasteiger partial charge in [0.2, 0.25) is 5.91 Å². The Labute approximate surface area is 189 Å². The van der Waals surface area contributed by atoms with E-state index in [-0.39, 0.29) is 12.0 Å². The van der Waals surface area contributed by atoms with Crippen molar-refractivity contribution >= 4 is 5.91 Å². The van der Waals surface area contributed by atoms with Crippen LogP contribution >= 0.6 is 0 Å². The molecule has 4 heteroatoms. The number of aliphatic hydroxyl groups is 2. The highest BCUT2D eigenvalue weighted by atomic mass is 16.3. The zero-order valence-electron chi connectivity index (χ0n) is 19.8. The van der Waals surface area contributed by atoms with Gasteiger partial charge in [-0.3, -0.25) is 4.79 Å². The summed E-state index contributed by atoms with van der Waals surface area (Å²) in [6, 6.07) is 0. The number of fused-ring (bicyclic) bond motifs is 1. The van der Waals surface area contributed by atoms with Gasteiger partial charge in [0.05, 0.1) is 12.2 Å². The highest BCUT2D eigenvalue weighted by molar-refractivity contribution is 5.76. The van der Waals surface area contributed by atoms with Gasteiger partial charge in [-0.1, -0.05) is 56.9 Å². The molecule has 3 rings (SSSR count). The second-order valence-corrected chi connectivity index (χ2v) is 10.5. The number of aliphatic hydroxyl groups excluding tert-OH is 2. The van der Waals surface area contributed by atoms with E-state index in [2.05, 4.69) is 26.0 Å². The van der Waals surface area contributed by atoms with E-state index < -0.39 is 6.10 Å². The van der Waals surface area contributed by atoms with Gasteiger partial charge < -0.3 is 15.1 Å². The summed E-state index contributed by atoms with van der Waals surface area (Å²) < 4.78 is 0. The van der Waals surface area contributed by atoms with E-state index in [1.807, 2.05) is 11.0 Å². The molecule has 1 saturated heterocycles. The van der Waals surface area contributed by atoms with Crippen LogP contribution in [0.25, 0.3) is 0 Å². The van der Waals surface area contributed by atoms with Crippen molar-refractivity contribution in [2.45, 2.75) is 103 Å². The molecule has 0 bridgehead atoms. The molecule has 4 nitrogen and oxygen atoms in total. The molecule has 0 aromatic rings. The topological polar surface area (TPSA) is 60.8 Å². The summed E-state index contributed by atoms with van der Waals surface area (Å²) in [4.78, 5) is 14.2. The molecule has 1 aliphatic heterocycles. The first-order valence-corrected chi connectivity index (χ1v) is 13.0. The lowest BCUT2D eigenvalue weighted by atomic mass is 9.88. The monoisotopic (exact) mass is 431 g/mol. The Hall–Kier alpha value is -1.13. The van der Waals surface area contributed by atoms with Crippen LogP contribution in [-0.2, 0) is 4.79 Å². The Bertz CT molecular complexity index is 622. The van der Waals surface area contributed by atoms with Crippen LogP contribution in [0.5, 0.6) is 0 Å². The SMILES string of the molecule is CCCC[C@H](C)C[C@H](O)/C=C/[C@@H]1[C@H]2CC(CCCCC(=O)N3CCCC3)=C[C@H]2C[C@H]1O. The van der Waals surface area contributed by atoms with E-state index in [1.54, 1.807) is 0 Å². The van der Waals surface area contributed by atoms with Crippen LogP contribution in [0.1, 0.15) is 90.9 Å². The molecule has 0 aromatic heterocycles. The minimum Gasteiger partial charge on any atom is -0.392 e. The Morgan fingerprint density at radius 2 is 2.03 bits per heavy atom. The number of nitrogens with zero attached hydrogens (tertiary/aromatic N) is 1. The van der Waals surface area contributed by atoms with Crippen molar-refractivity contribution in [1.82, 2.24) is 4.90 Å². The molecule has 1 amide bonds. The molecule has 0 radical (unpaired) electrons. The molecule has 2 fully saturated rings. The van der Waals surface area contributed by atoms with Gasteiger partial charge in [0.15, 0.2) is 0 Å². The molecular formula is C27H45NO3. The molecule has 2 N–H and O–H groups in total. The summed E-state index contributed by atoms with van der Waals surface area (Å²) in [5.74, 6) is 2.00. The predicted molar refractivity (Wildman–Crippen MR) is 127 cm³/mol. The molecule has 3 aliphatic rings. The van der Waals surface area contributed by atoms with Gasteiger partial charge in [0.1, 0.15) is 0 Å². The molecule has 1 heterocycles. The quantitative estimate of drug-likeness (QED) is 0.328. The van der Waals surface area contributed by atoms with Crippen LogP contribution in [0.15, 0.2) is 23.8 Å². The maximum atomic E-state index is 12.2. The van der Waals surface area contributed by atoms with Gasteiger partial charge in [-0.05, 0) is 69.1 Å². The minimum absolute atomic E-state index is 0.163. The van der Waals surface area contributed by atoms with Gasteiger partial charge in [-0.2, -0.15) is 0 Å². The number of rotatable bonds is 12. The number of hydrogen-bond acceptors (Lipinski definition) is 3. The number of amides is 1. The maximum absolute atomic E-state index is 12.2. The average molecular weight is 432 g/mol. The third-order valence-electron chi connectivity index (χ3n) is 7.80. The Kier molecular flexibility index (Phi) is 9.65. The molecule has 176 valence electrons. The highest BCUT2D eigenvalue weighted by Gasteiger charge is 2.43. The molecule has 1 saturated carbocycles.